The first-order valence-electron chi connectivity index (χ1n) is 8.06. The van der Waals surface area contributed by atoms with Gasteiger partial charge in [-0.15, -0.1) is 11.3 Å². The average molecular weight is 378 g/mol. The van der Waals surface area contributed by atoms with Crippen molar-refractivity contribution in [2.24, 2.45) is 0 Å². The molecule has 0 saturated heterocycles. The van der Waals surface area contributed by atoms with E-state index in [1.807, 2.05) is 53.9 Å². The lowest BCUT2D eigenvalue weighted by molar-refractivity contribution is 0.865. The number of pyridine rings is 1. The molecule has 5 rings (SSSR count). The molecule has 1 N–H and O–H groups in total. The molecule has 0 aliphatic heterocycles. The first kappa shape index (κ1) is 15.4. The zero-order valence-corrected chi connectivity index (χ0v) is 15.0. The number of rotatable bonds is 2. The molecular formula is C20H12ClN3OS. The Kier molecular flexibility index (Phi) is 3.45. The fraction of sp³-hybridized carbons (Fsp3) is 0. The fourth-order valence-corrected chi connectivity index (χ4v) is 4.11. The molecule has 126 valence electrons. The Bertz CT molecular complexity index is 1300. The summed E-state index contributed by atoms with van der Waals surface area (Å²) in [6.07, 6.45) is 0. The van der Waals surface area contributed by atoms with E-state index >= 15 is 0 Å². The molecule has 0 bridgehead atoms. The minimum atomic E-state index is -0.121. The Morgan fingerprint density at radius 1 is 1.00 bits per heavy atom. The zero-order chi connectivity index (χ0) is 17.7. The van der Waals surface area contributed by atoms with Crippen molar-refractivity contribution < 1.29 is 0 Å². The third kappa shape index (κ3) is 2.29. The summed E-state index contributed by atoms with van der Waals surface area (Å²) in [5, 5.41) is 6.49. The summed E-state index contributed by atoms with van der Waals surface area (Å²) in [6.45, 7) is 0. The van der Waals surface area contributed by atoms with E-state index in [0.29, 0.717) is 16.1 Å². The number of halogens is 1. The molecule has 0 atom stereocenters. The Labute approximate surface area is 157 Å². The topological polar surface area (TPSA) is 50.7 Å². The molecular weight excluding hydrogens is 366 g/mol. The van der Waals surface area contributed by atoms with Crippen molar-refractivity contribution in [2.75, 3.05) is 0 Å². The highest BCUT2D eigenvalue weighted by Crippen LogP contribution is 2.32. The maximum atomic E-state index is 13.2. The molecule has 3 aromatic heterocycles. The predicted molar refractivity (Wildman–Crippen MR) is 108 cm³/mol. The third-order valence-corrected chi connectivity index (χ3v) is 5.54. The molecule has 0 fully saturated rings. The molecule has 0 spiro atoms. The van der Waals surface area contributed by atoms with Crippen molar-refractivity contribution in [3.05, 3.63) is 81.4 Å². The number of nitrogens with one attached hydrogen (secondary N) is 1. The molecule has 2 aromatic carbocycles. The molecule has 4 nitrogen and oxygen atoms in total. The highest BCUT2D eigenvalue weighted by atomic mass is 35.5. The molecule has 0 aliphatic carbocycles. The van der Waals surface area contributed by atoms with Gasteiger partial charge < -0.3 is 0 Å². The molecule has 0 radical (unpaired) electrons. The Hall–Kier alpha value is -2.89. The summed E-state index contributed by atoms with van der Waals surface area (Å²) in [6, 6.07) is 18.9. The van der Waals surface area contributed by atoms with E-state index in [4.69, 9.17) is 16.6 Å². The van der Waals surface area contributed by atoms with Crippen molar-refractivity contribution >= 4 is 44.1 Å². The van der Waals surface area contributed by atoms with Crippen LogP contribution in [0.3, 0.4) is 0 Å². The van der Waals surface area contributed by atoms with E-state index in [1.165, 1.54) is 0 Å². The van der Waals surface area contributed by atoms with Crippen LogP contribution in [0.5, 0.6) is 0 Å². The second kappa shape index (κ2) is 5.83. The normalized spacial score (nSPS) is 11.4. The highest BCUT2D eigenvalue weighted by molar-refractivity contribution is 7.18. The van der Waals surface area contributed by atoms with Gasteiger partial charge in [0.2, 0.25) is 0 Å². The van der Waals surface area contributed by atoms with Gasteiger partial charge >= 0.3 is 0 Å². The third-order valence-electron chi connectivity index (χ3n) is 4.36. The molecule has 26 heavy (non-hydrogen) atoms. The van der Waals surface area contributed by atoms with Gasteiger partial charge in [-0.05, 0) is 35.7 Å². The summed E-state index contributed by atoms with van der Waals surface area (Å²) in [5.74, 6) is 0. The maximum Gasteiger partial charge on any atom is 0.281 e. The number of fused-ring (bicyclic) bond motifs is 3. The van der Waals surface area contributed by atoms with Crippen LogP contribution in [0.2, 0.25) is 5.02 Å². The monoisotopic (exact) mass is 377 g/mol. The largest absolute Gasteiger partial charge is 0.289 e. The Morgan fingerprint density at radius 3 is 2.54 bits per heavy atom. The van der Waals surface area contributed by atoms with Gasteiger partial charge in [0.05, 0.1) is 32.5 Å². The summed E-state index contributed by atoms with van der Waals surface area (Å²) in [7, 11) is 0. The molecule has 5 aromatic rings. The van der Waals surface area contributed by atoms with Gasteiger partial charge in [0.15, 0.2) is 0 Å². The standard InChI is InChI=1S/C20H12ClN3OS/c21-13-6-8-14(9-7-13)24-20(25)16-17(12-4-2-1-3-5-12)22-15-10-11-26-19(15)18(16)23-24/h1-11,23H. The number of aromatic nitrogens is 3. The van der Waals surface area contributed by atoms with Crippen LogP contribution in [0.1, 0.15) is 0 Å². The Balaban J connectivity index is 1.90. The number of aromatic amines is 1. The average Bonchev–Trinajstić information content (AvgIpc) is 3.27. The second-order valence-corrected chi connectivity index (χ2v) is 7.29. The van der Waals surface area contributed by atoms with Crippen LogP contribution in [0.15, 0.2) is 70.8 Å². The van der Waals surface area contributed by atoms with Crippen LogP contribution in [0.25, 0.3) is 38.1 Å². The van der Waals surface area contributed by atoms with Crippen LogP contribution in [-0.2, 0) is 0 Å². The van der Waals surface area contributed by atoms with Gasteiger partial charge in [0.1, 0.15) is 0 Å². The minimum absolute atomic E-state index is 0.121. The summed E-state index contributed by atoms with van der Waals surface area (Å²) >= 11 is 7.55. The molecule has 0 unspecified atom stereocenters. The Morgan fingerprint density at radius 2 is 1.77 bits per heavy atom. The van der Waals surface area contributed by atoms with E-state index in [0.717, 1.165) is 27.0 Å². The van der Waals surface area contributed by atoms with Crippen LogP contribution in [0.4, 0.5) is 0 Å². The van der Waals surface area contributed by atoms with Gasteiger partial charge in [-0.3, -0.25) is 9.89 Å². The smallest absolute Gasteiger partial charge is 0.281 e. The maximum absolute atomic E-state index is 13.2. The van der Waals surface area contributed by atoms with Gasteiger partial charge in [0, 0.05) is 10.6 Å². The van der Waals surface area contributed by atoms with Crippen LogP contribution >= 0.6 is 22.9 Å². The first-order chi connectivity index (χ1) is 12.7. The van der Waals surface area contributed by atoms with Gasteiger partial charge in [-0.1, -0.05) is 41.9 Å². The fourth-order valence-electron chi connectivity index (χ4n) is 3.15. The lowest BCUT2D eigenvalue weighted by Gasteiger charge is -2.02. The zero-order valence-electron chi connectivity index (χ0n) is 13.4. The summed E-state index contributed by atoms with van der Waals surface area (Å²) in [4.78, 5) is 18.0. The molecule has 0 aliphatic rings. The number of H-pyrrole nitrogens is 1. The SMILES string of the molecule is O=c1c2c(-c3ccccc3)nc3ccsc3c2[nH]n1-c1ccc(Cl)cc1. The van der Waals surface area contributed by atoms with E-state index in [9.17, 15) is 4.79 Å². The number of hydrogen-bond acceptors (Lipinski definition) is 3. The molecule has 6 heteroatoms. The molecule has 0 amide bonds. The molecule has 0 saturated carbocycles. The van der Waals surface area contributed by atoms with E-state index in [1.54, 1.807) is 28.2 Å². The minimum Gasteiger partial charge on any atom is -0.289 e. The first-order valence-corrected chi connectivity index (χ1v) is 9.31. The molecule has 3 heterocycles. The van der Waals surface area contributed by atoms with E-state index in [-0.39, 0.29) is 5.56 Å². The van der Waals surface area contributed by atoms with Crippen LogP contribution < -0.4 is 5.56 Å². The van der Waals surface area contributed by atoms with Crippen molar-refractivity contribution in [1.82, 2.24) is 14.8 Å². The van der Waals surface area contributed by atoms with Crippen molar-refractivity contribution in [3.63, 3.8) is 0 Å². The van der Waals surface area contributed by atoms with Gasteiger partial charge in [-0.25, -0.2) is 9.67 Å². The number of hydrogen-bond donors (Lipinski definition) is 1. The van der Waals surface area contributed by atoms with Crippen molar-refractivity contribution in [3.8, 4) is 16.9 Å². The summed E-state index contributed by atoms with van der Waals surface area (Å²) in [5.41, 5.74) is 3.92. The number of thiophene rings is 1. The summed E-state index contributed by atoms with van der Waals surface area (Å²) < 4.78 is 2.53. The second-order valence-electron chi connectivity index (χ2n) is 5.94. The van der Waals surface area contributed by atoms with E-state index in [2.05, 4.69) is 5.10 Å². The van der Waals surface area contributed by atoms with Crippen LogP contribution in [0, 0.1) is 0 Å². The van der Waals surface area contributed by atoms with Gasteiger partial charge in [-0.2, -0.15) is 0 Å². The predicted octanol–water partition coefficient (Wildman–Crippen LogP) is 5.25. The lowest BCUT2D eigenvalue weighted by Crippen LogP contribution is -2.14. The highest BCUT2D eigenvalue weighted by Gasteiger charge is 2.18. The lowest BCUT2D eigenvalue weighted by atomic mass is 10.1. The van der Waals surface area contributed by atoms with E-state index < -0.39 is 0 Å². The number of benzene rings is 2. The number of nitrogens with zero attached hydrogens (tertiary/aromatic N) is 2. The van der Waals surface area contributed by atoms with Crippen molar-refractivity contribution in [1.29, 1.82) is 0 Å². The van der Waals surface area contributed by atoms with Gasteiger partial charge in [0.25, 0.3) is 5.56 Å². The van der Waals surface area contributed by atoms with Crippen LogP contribution in [-0.4, -0.2) is 14.8 Å². The quantitative estimate of drug-likeness (QED) is 0.457. The van der Waals surface area contributed by atoms with Crippen molar-refractivity contribution in [2.45, 2.75) is 0 Å².